The molecule has 1 saturated heterocycles. The highest BCUT2D eigenvalue weighted by molar-refractivity contribution is 14.0. The fourth-order valence-electron chi connectivity index (χ4n) is 3.30. The molecular weight excluding hydrogens is 443 g/mol. The Kier molecular flexibility index (Phi) is 11.5. The number of halogens is 1. The highest BCUT2D eigenvalue weighted by Crippen LogP contribution is 2.28. The van der Waals surface area contributed by atoms with Crippen molar-refractivity contribution in [3.63, 3.8) is 0 Å². The number of likely N-dealkylation sites (tertiary alicyclic amines) is 1. The normalized spacial score (nSPS) is 18.6. The van der Waals surface area contributed by atoms with Gasteiger partial charge >= 0.3 is 0 Å². The van der Waals surface area contributed by atoms with Gasteiger partial charge < -0.3 is 20.3 Å². The van der Waals surface area contributed by atoms with E-state index in [1.165, 1.54) is 12.8 Å². The van der Waals surface area contributed by atoms with Crippen LogP contribution in [-0.2, 0) is 9.53 Å². The highest BCUT2D eigenvalue weighted by Gasteiger charge is 2.26. The maximum Gasteiger partial charge on any atom is 0.225 e. The monoisotopic (exact) mass is 480 g/mol. The first kappa shape index (κ1) is 23.5. The summed E-state index contributed by atoms with van der Waals surface area (Å²) in [6.07, 6.45) is 6.49. The second kappa shape index (κ2) is 12.8. The quantitative estimate of drug-likeness (QED) is 0.231. The molecule has 2 aliphatic rings. The molecule has 2 rings (SSSR count). The van der Waals surface area contributed by atoms with Crippen LogP contribution in [-0.4, -0.2) is 62.7 Å². The summed E-state index contributed by atoms with van der Waals surface area (Å²) >= 11 is 0. The number of carbonyl (C=O) groups excluding carboxylic acids is 1. The lowest BCUT2D eigenvalue weighted by Gasteiger charge is -2.34. The summed E-state index contributed by atoms with van der Waals surface area (Å²) in [4.78, 5) is 18.8. The van der Waals surface area contributed by atoms with Gasteiger partial charge in [-0.3, -0.25) is 9.79 Å². The van der Waals surface area contributed by atoms with Crippen molar-refractivity contribution < 1.29 is 9.53 Å². The van der Waals surface area contributed by atoms with E-state index in [4.69, 9.17) is 4.74 Å². The molecule has 0 aromatic carbocycles. The van der Waals surface area contributed by atoms with Crippen LogP contribution < -0.4 is 10.6 Å². The third kappa shape index (κ3) is 7.98. The van der Waals surface area contributed by atoms with Gasteiger partial charge in [0.05, 0.1) is 6.61 Å². The van der Waals surface area contributed by atoms with Crippen LogP contribution in [0.3, 0.4) is 0 Å². The van der Waals surface area contributed by atoms with Crippen LogP contribution in [0.4, 0.5) is 0 Å². The Morgan fingerprint density at radius 3 is 2.38 bits per heavy atom. The number of rotatable bonds is 9. The van der Waals surface area contributed by atoms with Crippen LogP contribution in [0.25, 0.3) is 0 Å². The van der Waals surface area contributed by atoms with Crippen molar-refractivity contribution in [2.45, 2.75) is 58.4 Å². The number of nitrogens with one attached hydrogen (secondary N) is 2. The third-order valence-electron chi connectivity index (χ3n) is 5.30. The Morgan fingerprint density at radius 1 is 1.19 bits per heavy atom. The van der Waals surface area contributed by atoms with Crippen molar-refractivity contribution in [3.05, 3.63) is 0 Å². The molecule has 6 nitrogen and oxygen atoms in total. The summed E-state index contributed by atoms with van der Waals surface area (Å²) in [5.41, 5.74) is 0. The zero-order chi connectivity index (χ0) is 18.1. The number of piperidine rings is 1. The maximum atomic E-state index is 12.5. The molecule has 0 spiro atoms. The SMILES string of the molecule is CCC(CC)C(=O)N1CCC(NC(=NC)NCCOCC2CC2)CC1.I. The molecule has 1 aliphatic heterocycles. The summed E-state index contributed by atoms with van der Waals surface area (Å²) in [5, 5.41) is 6.79. The molecule has 0 aromatic rings. The summed E-state index contributed by atoms with van der Waals surface area (Å²) in [6, 6.07) is 0.379. The minimum absolute atomic E-state index is 0. The van der Waals surface area contributed by atoms with Gasteiger partial charge in [0.15, 0.2) is 5.96 Å². The molecule has 26 heavy (non-hydrogen) atoms. The molecule has 0 atom stereocenters. The third-order valence-corrected chi connectivity index (χ3v) is 5.30. The number of carbonyl (C=O) groups is 1. The number of ether oxygens (including phenoxy) is 1. The van der Waals surface area contributed by atoms with E-state index >= 15 is 0 Å². The average molecular weight is 480 g/mol. The Hall–Kier alpha value is -0.570. The van der Waals surface area contributed by atoms with Crippen molar-refractivity contribution in [2.75, 3.05) is 39.9 Å². The Labute approximate surface area is 175 Å². The number of aliphatic imine (C=N–C) groups is 1. The van der Waals surface area contributed by atoms with Crippen LogP contribution in [0.15, 0.2) is 4.99 Å². The lowest BCUT2D eigenvalue weighted by molar-refractivity contribution is -0.136. The summed E-state index contributed by atoms with van der Waals surface area (Å²) in [5.74, 6) is 2.17. The first-order chi connectivity index (χ1) is 12.2. The van der Waals surface area contributed by atoms with Crippen molar-refractivity contribution in [2.24, 2.45) is 16.8 Å². The fourth-order valence-corrected chi connectivity index (χ4v) is 3.30. The molecule has 152 valence electrons. The first-order valence-corrected chi connectivity index (χ1v) is 10.0. The smallest absolute Gasteiger partial charge is 0.225 e. The second-order valence-corrected chi connectivity index (χ2v) is 7.27. The predicted octanol–water partition coefficient (Wildman–Crippen LogP) is 2.62. The summed E-state index contributed by atoms with van der Waals surface area (Å²) in [7, 11) is 1.80. The van der Waals surface area contributed by atoms with Crippen molar-refractivity contribution >= 4 is 35.8 Å². The summed E-state index contributed by atoms with van der Waals surface area (Å²) in [6.45, 7) is 8.28. The topological polar surface area (TPSA) is 66.0 Å². The largest absolute Gasteiger partial charge is 0.379 e. The van der Waals surface area contributed by atoms with Crippen LogP contribution in [0.5, 0.6) is 0 Å². The molecule has 1 heterocycles. The second-order valence-electron chi connectivity index (χ2n) is 7.27. The molecule has 2 N–H and O–H groups in total. The standard InChI is InChI=1S/C19H36N4O2.HI/c1-4-16(5-2)18(24)23-11-8-17(9-12-23)22-19(20-3)21-10-13-25-14-15-6-7-15;/h15-17H,4-14H2,1-3H3,(H2,20,21,22);1H. The number of amides is 1. The lowest BCUT2D eigenvalue weighted by Crippen LogP contribution is -2.51. The van der Waals surface area contributed by atoms with E-state index in [0.717, 1.165) is 70.4 Å². The van der Waals surface area contributed by atoms with Gasteiger partial charge in [-0.1, -0.05) is 13.8 Å². The predicted molar refractivity (Wildman–Crippen MR) is 117 cm³/mol. The number of nitrogens with zero attached hydrogens (tertiary/aromatic N) is 2. The zero-order valence-corrected chi connectivity index (χ0v) is 19.0. The first-order valence-electron chi connectivity index (χ1n) is 10.0. The van der Waals surface area contributed by atoms with Gasteiger partial charge in [-0.2, -0.15) is 0 Å². The van der Waals surface area contributed by atoms with E-state index in [1.54, 1.807) is 7.05 Å². The minimum atomic E-state index is 0. The van der Waals surface area contributed by atoms with Crippen LogP contribution >= 0.6 is 24.0 Å². The number of hydrogen-bond donors (Lipinski definition) is 2. The lowest BCUT2D eigenvalue weighted by atomic mass is 9.98. The van der Waals surface area contributed by atoms with Gasteiger partial charge in [-0.15, -0.1) is 24.0 Å². The van der Waals surface area contributed by atoms with E-state index in [0.29, 0.717) is 11.9 Å². The molecular formula is C19H37IN4O2. The average Bonchev–Trinajstić information content (AvgIpc) is 3.46. The molecule has 2 fully saturated rings. The van der Waals surface area contributed by atoms with Crippen molar-refractivity contribution in [3.8, 4) is 0 Å². The fraction of sp³-hybridized carbons (Fsp3) is 0.895. The van der Waals surface area contributed by atoms with Gasteiger partial charge in [0.25, 0.3) is 0 Å². The molecule has 1 saturated carbocycles. The molecule has 7 heteroatoms. The summed E-state index contributed by atoms with van der Waals surface area (Å²) < 4.78 is 5.64. The Morgan fingerprint density at radius 2 is 1.85 bits per heavy atom. The number of guanidine groups is 1. The zero-order valence-electron chi connectivity index (χ0n) is 16.6. The molecule has 0 bridgehead atoms. The molecule has 0 aromatic heterocycles. The molecule has 0 radical (unpaired) electrons. The Bertz CT molecular complexity index is 431. The Balaban J connectivity index is 0.00000338. The molecule has 1 amide bonds. The minimum Gasteiger partial charge on any atom is -0.379 e. The van der Waals surface area contributed by atoms with Gasteiger partial charge in [0, 0.05) is 45.2 Å². The van der Waals surface area contributed by atoms with Crippen molar-refractivity contribution in [1.82, 2.24) is 15.5 Å². The van der Waals surface area contributed by atoms with Crippen LogP contribution in [0, 0.1) is 11.8 Å². The van der Waals surface area contributed by atoms with Crippen LogP contribution in [0.1, 0.15) is 52.4 Å². The van der Waals surface area contributed by atoms with E-state index in [1.807, 2.05) is 4.90 Å². The van der Waals surface area contributed by atoms with Gasteiger partial charge in [0.1, 0.15) is 0 Å². The molecule has 0 unspecified atom stereocenters. The molecule has 1 aliphatic carbocycles. The van der Waals surface area contributed by atoms with E-state index in [-0.39, 0.29) is 29.9 Å². The highest BCUT2D eigenvalue weighted by atomic mass is 127. The van der Waals surface area contributed by atoms with Gasteiger partial charge in [-0.25, -0.2) is 0 Å². The van der Waals surface area contributed by atoms with Crippen LogP contribution in [0.2, 0.25) is 0 Å². The van der Waals surface area contributed by atoms with E-state index in [2.05, 4.69) is 29.5 Å². The van der Waals surface area contributed by atoms with Gasteiger partial charge in [-0.05, 0) is 44.4 Å². The number of hydrogen-bond acceptors (Lipinski definition) is 3. The maximum absolute atomic E-state index is 12.5. The van der Waals surface area contributed by atoms with Gasteiger partial charge in [0.2, 0.25) is 5.91 Å². The van der Waals surface area contributed by atoms with E-state index < -0.39 is 0 Å². The van der Waals surface area contributed by atoms with E-state index in [9.17, 15) is 4.79 Å². The van der Waals surface area contributed by atoms with Crippen molar-refractivity contribution in [1.29, 1.82) is 0 Å².